The topological polar surface area (TPSA) is 105 Å². The predicted octanol–water partition coefficient (Wildman–Crippen LogP) is 2.19. The van der Waals surface area contributed by atoms with Crippen molar-refractivity contribution >= 4 is 23.5 Å². The molecule has 0 aromatic heterocycles. The molecule has 1 aromatic carbocycles. The Morgan fingerprint density at radius 1 is 1.08 bits per heavy atom. The Balaban J connectivity index is 2.80. The van der Waals surface area contributed by atoms with E-state index in [1.807, 2.05) is 27.7 Å². The maximum Gasteiger partial charge on any atom is 0.312 e. The summed E-state index contributed by atoms with van der Waals surface area (Å²) >= 11 is 0. The maximum atomic E-state index is 12.3. The van der Waals surface area contributed by atoms with E-state index >= 15 is 0 Å². The van der Waals surface area contributed by atoms with Crippen LogP contribution in [0, 0.1) is 5.92 Å². The molecule has 0 aliphatic heterocycles. The fourth-order valence-electron chi connectivity index (χ4n) is 2.49. The summed E-state index contributed by atoms with van der Waals surface area (Å²) in [4.78, 5) is 37.4. The number of urea groups is 1. The van der Waals surface area contributed by atoms with Gasteiger partial charge in [0.25, 0.3) is 5.91 Å². The van der Waals surface area contributed by atoms with E-state index in [0.29, 0.717) is 30.8 Å². The van der Waals surface area contributed by atoms with E-state index in [1.54, 1.807) is 29.2 Å². The van der Waals surface area contributed by atoms with Gasteiger partial charge < -0.3 is 21.3 Å². The van der Waals surface area contributed by atoms with Crippen LogP contribution in [0.1, 0.15) is 44.5 Å². The second-order valence-corrected chi connectivity index (χ2v) is 6.23. The number of nitrogens with one attached hydrogen (secondary N) is 2. The predicted molar refractivity (Wildman–Crippen MR) is 98.3 cm³/mol. The molecule has 1 atom stereocenters. The molecule has 0 aliphatic rings. The van der Waals surface area contributed by atoms with Crippen molar-refractivity contribution in [1.82, 2.24) is 10.2 Å². The van der Waals surface area contributed by atoms with Crippen LogP contribution in [0.3, 0.4) is 0 Å². The van der Waals surface area contributed by atoms with Crippen molar-refractivity contribution < 1.29 is 14.4 Å². The number of hydrogen-bond acceptors (Lipinski definition) is 3. The fourth-order valence-corrected chi connectivity index (χ4v) is 2.49. The van der Waals surface area contributed by atoms with E-state index in [4.69, 9.17) is 5.73 Å². The SMILES string of the molecule is CCN(CC)C(=O)c1ccc(NC(=O)[C@H](CC(C)C)NC(N)=O)cc1. The van der Waals surface area contributed by atoms with Gasteiger partial charge in [0.1, 0.15) is 6.04 Å². The van der Waals surface area contributed by atoms with Crippen molar-refractivity contribution in [2.24, 2.45) is 11.7 Å². The van der Waals surface area contributed by atoms with Crippen molar-refractivity contribution in [2.45, 2.75) is 40.2 Å². The summed E-state index contributed by atoms with van der Waals surface area (Å²) < 4.78 is 0. The average Bonchev–Trinajstić information content (AvgIpc) is 2.55. The summed E-state index contributed by atoms with van der Waals surface area (Å²) in [5, 5.41) is 5.20. The van der Waals surface area contributed by atoms with E-state index in [2.05, 4.69) is 10.6 Å². The number of anilines is 1. The Morgan fingerprint density at radius 3 is 2.08 bits per heavy atom. The molecule has 0 saturated carbocycles. The van der Waals surface area contributed by atoms with Crippen LogP contribution >= 0.6 is 0 Å². The average molecular weight is 348 g/mol. The van der Waals surface area contributed by atoms with Gasteiger partial charge in [0.2, 0.25) is 5.91 Å². The molecular formula is C18H28N4O3. The lowest BCUT2D eigenvalue weighted by atomic mass is 10.0. The quantitative estimate of drug-likeness (QED) is 0.670. The van der Waals surface area contributed by atoms with Crippen LogP contribution in [0.2, 0.25) is 0 Å². The number of benzene rings is 1. The van der Waals surface area contributed by atoms with Crippen LogP contribution in [-0.4, -0.2) is 41.9 Å². The highest BCUT2D eigenvalue weighted by Crippen LogP contribution is 2.13. The third-order valence-corrected chi connectivity index (χ3v) is 3.79. The van der Waals surface area contributed by atoms with Crippen molar-refractivity contribution in [2.75, 3.05) is 18.4 Å². The molecule has 0 saturated heterocycles. The third-order valence-electron chi connectivity index (χ3n) is 3.79. The number of carbonyl (C=O) groups excluding carboxylic acids is 3. The Morgan fingerprint density at radius 2 is 1.64 bits per heavy atom. The second-order valence-electron chi connectivity index (χ2n) is 6.23. The minimum Gasteiger partial charge on any atom is -0.352 e. The molecule has 4 N–H and O–H groups in total. The molecule has 0 bridgehead atoms. The molecule has 1 rings (SSSR count). The number of amides is 4. The molecule has 4 amide bonds. The van der Waals surface area contributed by atoms with Gasteiger partial charge in [-0.1, -0.05) is 13.8 Å². The highest BCUT2D eigenvalue weighted by molar-refractivity contribution is 5.98. The standard InChI is InChI=1S/C18H28N4O3/c1-5-22(6-2)17(24)13-7-9-14(10-8-13)20-16(23)15(11-12(3)4)21-18(19)25/h7-10,12,15H,5-6,11H2,1-4H3,(H,20,23)(H3,19,21,25)/t15-/m0/s1. The van der Waals surface area contributed by atoms with Crippen LogP contribution in [0.5, 0.6) is 0 Å². The first kappa shape index (κ1) is 20.5. The number of rotatable bonds is 8. The highest BCUT2D eigenvalue weighted by atomic mass is 16.2. The molecule has 0 unspecified atom stereocenters. The zero-order chi connectivity index (χ0) is 19.0. The molecule has 0 aliphatic carbocycles. The normalized spacial score (nSPS) is 11.7. The van der Waals surface area contributed by atoms with E-state index in [1.165, 1.54) is 0 Å². The van der Waals surface area contributed by atoms with Gasteiger partial charge >= 0.3 is 6.03 Å². The summed E-state index contributed by atoms with van der Waals surface area (Å²) in [6, 6.07) is 5.26. The van der Waals surface area contributed by atoms with Gasteiger partial charge in [0.05, 0.1) is 0 Å². The number of nitrogens with two attached hydrogens (primary N) is 1. The fraction of sp³-hybridized carbons (Fsp3) is 0.500. The first-order valence-corrected chi connectivity index (χ1v) is 8.54. The van der Waals surface area contributed by atoms with Gasteiger partial charge in [0.15, 0.2) is 0 Å². The van der Waals surface area contributed by atoms with Crippen molar-refractivity contribution in [3.05, 3.63) is 29.8 Å². The van der Waals surface area contributed by atoms with E-state index < -0.39 is 12.1 Å². The molecule has 0 fully saturated rings. The molecular weight excluding hydrogens is 320 g/mol. The summed E-state index contributed by atoms with van der Waals surface area (Å²) in [6.07, 6.45) is 0.479. The van der Waals surface area contributed by atoms with Gasteiger partial charge in [-0.2, -0.15) is 0 Å². The second kappa shape index (κ2) is 9.66. The number of nitrogens with zero attached hydrogens (tertiary/aromatic N) is 1. The Labute approximate surface area is 148 Å². The van der Waals surface area contributed by atoms with Crippen LogP contribution in [0.25, 0.3) is 0 Å². The summed E-state index contributed by atoms with van der Waals surface area (Å²) in [5.41, 5.74) is 6.26. The molecule has 25 heavy (non-hydrogen) atoms. The lowest BCUT2D eigenvalue weighted by Gasteiger charge is -2.20. The van der Waals surface area contributed by atoms with Gasteiger partial charge in [-0.3, -0.25) is 9.59 Å². The highest BCUT2D eigenvalue weighted by Gasteiger charge is 2.21. The van der Waals surface area contributed by atoms with Gasteiger partial charge in [-0.15, -0.1) is 0 Å². The molecule has 0 radical (unpaired) electrons. The first-order chi connectivity index (χ1) is 11.8. The Bertz CT molecular complexity index is 595. The Hall–Kier alpha value is -2.57. The largest absolute Gasteiger partial charge is 0.352 e. The van der Waals surface area contributed by atoms with Crippen molar-refractivity contribution in [3.63, 3.8) is 0 Å². The summed E-state index contributed by atoms with van der Waals surface area (Å²) in [7, 11) is 0. The smallest absolute Gasteiger partial charge is 0.312 e. The van der Waals surface area contributed by atoms with Gasteiger partial charge in [-0.25, -0.2) is 4.79 Å². The molecule has 7 nitrogen and oxygen atoms in total. The first-order valence-electron chi connectivity index (χ1n) is 8.54. The molecule has 138 valence electrons. The molecule has 0 heterocycles. The van der Waals surface area contributed by atoms with Gasteiger partial charge in [-0.05, 0) is 50.5 Å². The third kappa shape index (κ3) is 6.45. The van der Waals surface area contributed by atoms with E-state index in [-0.39, 0.29) is 17.7 Å². The molecule has 1 aromatic rings. The van der Waals surface area contributed by atoms with Crippen LogP contribution in [0.4, 0.5) is 10.5 Å². The zero-order valence-corrected chi connectivity index (χ0v) is 15.3. The number of carbonyl (C=O) groups is 3. The van der Waals surface area contributed by atoms with Crippen LogP contribution in [-0.2, 0) is 4.79 Å². The monoisotopic (exact) mass is 348 g/mol. The number of primary amides is 1. The minimum atomic E-state index is -0.735. The zero-order valence-electron chi connectivity index (χ0n) is 15.3. The minimum absolute atomic E-state index is 0.0454. The molecule has 0 spiro atoms. The maximum absolute atomic E-state index is 12.3. The van der Waals surface area contributed by atoms with E-state index in [9.17, 15) is 14.4 Å². The van der Waals surface area contributed by atoms with Crippen LogP contribution < -0.4 is 16.4 Å². The lowest BCUT2D eigenvalue weighted by molar-refractivity contribution is -0.118. The number of hydrogen-bond donors (Lipinski definition) is 3. The van der Waals surface area contributed by atoms with Gasteiger partial charge in [0, 0.05) is 24.3 Å². The van der Waals surface area contributed by atoms with Crippen molar-refractivity contribution in [1.29, 1.82) is 0 Å². The Kier molecular flexibility index (Phi) is 7.91. The summed E-state index contributed by atoms with van der Waals surface area (Å²) in [6.45, 7) is 9.05. The van der Waals surface area contributed by atoms with E-state index in [0.717, 1.165) is 0 Å². The van der Waals surface area contributed by atoms with Crippen molar-refractivity contribution in [3.8, 4) is 0 Å². The van der Waals surface area contributed by atoms with Crippen LogP contribution in [0.15, 0.2) is 24.3 Å². The molecule has 7 heteroatoms. The summed E-state index contributed by atoms with van der Waals surface area (Å²) in [5.74, 6) is -0.164. The lowest BCUT2D eigenvalue weighted by Crippen LogP contribution is -2.46.